The molecule has 1 amide bonds. The first kappa shape index (κ1) is 12.5. The van der Waals surface area contributed by atoms with Gasteiger partial charge in [0.05, 0.1) is 18.7 Å². The van der Waals surface area contributed by atoms with Gasteiger partial charge in [-0.25, -0.2) is 0 Å². The van der Waals surface area contributed by atoms with Gasteiger partial charge < -0.3 is 15.7 Å². The van der Waals surface area contributed by atoms with Crippen molar-refractivity contribution in [1.29, 1.82) is 0 Å². The van der Waals surface area contributed by atoms with E-state index in [0.29, 0.717) is 0 Å². The van der Waals surface area contributed by atoms with Crippen LogP contribution in [0.3, 0.4) is 0 Å². The highest BCUT2D eigenvalue weighted by Gasteiger charge is 2.28. The van der Waals surface area contributed by atoms with Crippen LogP contribution < -0.4 is 5.73 Å². The maximum Gasteiger partial charge on any atom is 0.239 e. The summed E-state index contributed by atoms with van der Waals surface area (Å²) >= 11 is 0. The van der Waals surface area contributed by atoms with Crippen LogP contribution in [0, 0.1) is 0 Å². The molecule has 1 aliphatic rings. The van der Waals surface area contributed by atoms with Crippen LogP contribution in [0.1, 0.15) is 39.0 Å². The molecule has 2 atom stereocenters. The molecule has 4 nitrogen and oxygen atoms in total. The molecule has 0 bridgehead atoms. The van der Waals surface area contributed by atoms with Crippen molar-refractivity contribution in [2.75, 3.05) is 13.2 Å². The third kappa shape index (κ3) is 3.18. The van der Waals surface area contributed by atoms with Gasteiger partial charge >= 0.3 is 0 Å². The first-order valence-corrected chi connectivity index (χ1v) is 5.87. The van der Waals surface area contributed by atoms with Crippen LogP contribution in [0.4, 0.5) is 0 Å². The Morgan fingerprint density at radius 1 is 1.60 bits per heavy atom. The molecule has 1 aliphatic heterocycles. The maximum absolute atomic E-state index is 11.9. The minimum absolute atomic E-state index is 0.00541. The lowest BCUT2D eigenvalue weighted by Crippen LogP contribution is -2.51. The number of nitrogens with two attached hydrogens (primary N) is 1. The summed E-state index contributed by atoms with van der Waals surface area (Å²) in [4.78, 5) is 13.7. The lowest BCUT2D eigenvalue weighted by atomic mass is 10.0. The van der Waals surface area contributed by atoms with E-state index in [1.165, 1.54) is 0 Å². The molecular weight excluding hydrogens is 192 g/mol. The second-order valence-corrected chi connectivity index (χ2v) is 4.26. The summed E-state index contributed by atoms with van der Waals surface area (Å²) in [6.07, 6.45) is 4.68. The summed E-state index contributed by atoms with van der Waals surface area (Å²) < 4.78 is 0. The molecule has 0 aromatic heterocycles. The van der Waals surface area contributed by atoms with Crippen molar-refractivity contribution in [2.24, 2.45) is 5.73 Å². The van der Waals surface area contributed by atoms with E-state index in [0.717, 1.165) is 38.6 Å². The van der Waals surface area contributed by atoms with Crippen LogP contribution in [0.15, 0.2) is 0 Å². The van der Waals surface area contributed by atoms with Crippen LogP contribution in [-0.2, 0) is 4.79 Å². The predicted octanol–water partition coefficient (Wildman–Crippen LogP) is 0.487. The lowest BCUT2D eigenvalue weighted by molar-refractivity contribution is -0.137. The summed E-state index contributed by atoms with van der Waals surface area (Å²) in [5.41, 5.74) is 5.80. The number of piperidine rings is 1. The Morgan fingerprint density at radius 2 is 2.33 bits per heavy atom. The maximum atomic E-state index is 11.9. The highest BCUT2D eigenvalue weighted by Crippen LogP contribution is 2.17. The normalized spacial score (nSPS) is 23.9. The summed E-state index contributed by atoms with van der Waals surface area (Å²) in [5.74, 6) is 0.00981. The van der Waals surface area contributed by atoms with Gasteiger partial charge in [-0.3, -0.25) is 4.79 Å². The molecule has 0 aromatic carbocycles. The summed E-state index contributed by atoms with van der Waals surface area (Å²) in [6.45, 7) is 2.83. The van der Waals surface area contributed by atoms with Gasteiger partial charge in [0.2, 0.25) is 5.91 Å². The van der Waals surface area contributed by atoms with Crippen LogP contribution in [0.2, 0.25) is 0 Å². The van der Waals surface area contributed by atoms with E-state index in [-0.39, 0.29) is 24.6 Å². The van der Waals surface area contributed by atoms with Crippen molar-refractivity contribution in [2.45, 2.75) is 51.1 Å². The average molecular weight is 214 g/mol. The largest absolute Gasteiger partial charge is 0.394 e. The van der Waals surface area contributed by atoms with Crippen LogP contribution in [0.25, 0.3) is 0 Å². The fourth-order valence-electron chi connectivity index (χ4n) is 2.13. The number of rotatable bonds is 4. The van der Waals surface area contributed by atoms with Crippen LogP contribution in [-0.4, -0.2) is 41.1 Å². The zero-order valence-corrected chi connectivity index (χ0v) is 9.48. The Morgan fingerprint density at radius 3 is 2.93 bits per heavy atom. The molecular formula is C11H22N2O2. The predicted molar refractivity (Wildman–Crippen MR) is 59.3 cm³/mol. The van der Waals surface area contributed by atoms with Gasteiger partial charge in [-0.05, 0) is 25.7 Å². The second-order valence-electron chi connectivity index (χ2n) is 4.26. The van der Waals surface area contributed by atoms with Crippen molar-refractivity contribution in [3.8, 4) is 0 Å². The van der Waals surface area contributed by atoms with E-state index < -0.39 is 0 Å². The molecule has 4 heteroatoms. The topological polar surface area (TPSA) is 66.6 Å². The zero-order valence-electron chi connectivity index (χ0n) is 9.48. The number of carbonyl (C=O) groups is 1. The van der Waals surface area contributed by atoms with E-state index >= 15 is 0 Å². The number of aliphatic hydroxyl groups is 1. The van der Waals surface area contributed by atoms with Crippen molar-refractivity contribution < 1.29 is 9.90 Å². The first-order chi connectivity index (χ1) is 7.20. The number of aliphatic hydroxyl groups excluding tert-OH is 1. The van der Waals surface area contributed by atoms with Crippen molar-refractivity contribution in [1.82, 2.24) is 4.90 Å². The van der Waals surface area contributed by atoms with Gasteiger partial charge in [-0.2, -0.15) is 0 Å². The van der Waals surface area contributed by atoms with Crippen LogP contribution in [0.5, 0.6) is 0 Å². The van der Waals surface area contributed by atoms with E-state index in [1.807, 2.05) is 6.92 Å². The molecule has 1 saturated heterocycles. The molecule has 0 saturated carbocycles. The Kier molecular flexibility index (Phi) is 5.05. The van der Waals surface area contributed by atoms with Gasteiger partial charge in [-0.1, -0.05) is 13.3 Å². The molecule has 1 unspecified atom stereocenters. The Labute approximate surface area is 91.4 Å². The Bertz CT molecular complexity index is 209. The summed E-state index contributed by atoms with van der Waals surface area (Å²) in [7, 11) is 0. The summed E-state index contributed by atoms with van der Waals surface area (Å²) in [6, 6.07) is -0.392. The molecule has 1 rings (SSSR count). The molecule has 0 spiro atoms. The smallest absolute Gasteiger partial charge is 0.239 e. The Balaban J connectivity index is 2.55. The molecule has 1 heterocycles. The van der Waals surface area contributed by atoms with Crippen LogP contribution >= 0.6 is 0 Å². The molecule has 88 valence electrons. The molecule has 0 aromatic rings. The molecule has 0 radical (unpaired) electrons. The standard InChI is InChI=1S/C11H22N2O2/c1-2-5-10(12)11(15)13-7-4-3-6-9(13)8-14/h9-10,14H,2-8,12H2,1H3/t9?,10-/m1/s1. The number of hydrogen-bond donors (Lipinski definition) is 2. The Hall–Kier alpha value is -0.610. The number of likely N-dealkylation sites (tertiary alicyclic amines) is 1. The second kappa shape index (κ2) is 6.08. The molecule has 15 heavy (non-hydrogen) atoms. The zero-order chi connectivity index (χ0) is 11.3. The SMILES string of the molecule is CCC[C@@H](N)C(=O)N1CCCCC1CO. The fourth-order valence-corrected chi connectivity index (χ4v) is 2.13. The minimum Gasteiger partial charge on any atom is -0.394 e. The third-order valence-corrected chi connectivity index (χ3v) is 3.04. The van der Waals surface area contributed by atoms with E-state index in [4.69, 9.17) is 5.73 Å². The van der Waals surface area contributed by atoms with E-state index in [1.54, 1.807) is 4.90 Å². The molecule has 1 fully saturated rings. The third-order valence-electron chi connectivity index (χ3n) is 3.04. The lowest BCUT2D eigenvalue weighted by Gasteiger charge is -2.36. The van der Waals surface area contributed by atoms with Gasteiger partial charge in [0.25, 0.3) is 0 Å². The molecule has 3 N–H and O–H groups in total. The van der Waals surface area contributed by atoms with Crippen molar-refractivity contribution in [3.63, 3.8) is 0 Å². The molecule has 0 aliphatic carbocycles. The van der Waals surface area contributed by atoms with Crippen molar-refractivity contribution >= 4 is 5.91 Å². The van der Waals surface area contributed by atoms with E-state index in [2.05, 4.69) is 0 Å². The number of amides is 1. The first-order valence-electron chi connectivity index (χ1n) is 5.87. The minimum atomic E-state index is -0.387. The monoisotopic (exact) mass is 214 g/mol. The average Bonchev–Trinajstić information content (AvgIpc) is 2.28. The van der Waals surface area contributed by atoms with Gasteiger partial charge in [0, 0.05) is 6.54 Å². The number of hydrogen-bond acceptors (Lipinski definition) is 3. The number of nitrogens with zero attached hydrogens (tertiary/aromatic N) is 1. The van der Waals surface area contributed by atoms with Gasteiger partial charge in [0.15, 0.2) is 0 Å². The highest BCUT2D eigenvalue weighted by atomic mass is 16.3. The highest BCUT2D eigenvalue weighted by molar-refractivity contribution is 5.82. The quantitative estimate of drug-likeness (QED) is 0.715. The number of carbonyl (C=O) groups excluding carboxylic acids is 1. The van der Waals surface area contributed by atoms with Gasteiger partial charge in [0.1, 0.15) is 0 Å². The van der Waals surface area contributed by atoms with E-state index in [9.17, 15) is 9.90 Å². The fraction of sp³-hybridized carbons (Fsp3) is 0.909. The summed E-state index contributed by atoms with van der Waals surface area (Å²) in [5, 5.41) is 9.19. The van der Waals surface area contributed by atoms with Crippen molar-refractivity contribution in [3.05, 3.63) is 0 Å². The van der Waals surface area contributed by atoms with Gasteiger partial charge in [-0.15, -0.1) is 0 Å².